The lowest BCUT2D eigenvalue weighted by Crippen LogP contribution is -2.34. The van der Waals surface area contributed by atoms with E-state index in [1.165, 1.54) is 16.8 Å². The van der Waals surface area contributed by atoms with Crippen LogP contribution >= 0.6 is 31.9 Å². The molecular weight excluding hydrogens is 546 g/mol. The Labute approximate surface area is 198 Å². The molecular formula is C21H17Br2N5O4. The molecule has 0 bridgehead atoms. The van der Waals surface area contributed by atoms with E-state index in [2.05, 4.69) is 47.4 Å². The van der Waals surface area contributed by atoms with E-state index in [4.69, 9.17) is 4.42 Å². The zero-order valence-electron chi connectivity index (χ0n) is 17.1. The monoisotopic (exact) mass is 561 g/mol. The molecule has 0 aliphatic heterocycles. The molecule has 0 radical (unpaired) electrons. The van der Waals surface area contributed by atoms with E-state index in [-0.39, 0.29) is 24.2 Å². The van der Waals surface area contributed by atoms with Crippen molar-refractivity contribution in [3.63, 3.8) is 0 Å². The van der Waals surface area contributed by atoms with E-state index in [9.17, 15) is 14.4 Å². The summed E-state index contributed by atoms with van der Waals surface area (Å²) >= 11 is 6.71. The largest absolute Gasteiger partial charge is 0.421 e. The van der Waals surface area contributed by atoms with E-state index in [0.29, 0.717) is 21.3 Å². The van der Waals surface area contributed by atoms with E-state index in [0.717, 1.165) is 15.9 Å². The Morgan fingerprint density at radius 3 is 2.59 bits per heavy atom. The Morgan fingerprint density at radius 2 is 1.88 bits per heavy atom. The normalized spacial score (nSPS) is 11.1. The quantitative estimate of drug-likeness (QED) is 0.374. The molecule has 1 aromatic carbocycles. The summed E-state index contributed by atoms with van der Waals surface area (Å²) in [5, 5.41) is 11.9. The van der Waals surface area contributed by atoms with Gasteiger partial charge in [-0.05, 0) is 60.1 Å². The van der Waals surface area contributed by atoms with Gasteiger partial charge in [0.2, 0.25) is 0 Å². The van der Waals surface area contributed by atoms with E-state index in [1.807, 2.05) is 19.9 Å². The number of hydrogen-bond acceptors (Lipinski definition) is 6. The number of carbonyl (C=O) groups is 1. The zero-order valence-corrected chi connectivity index (χ0v) is 20.2. The number of nitrogens with zero attached hydrogens (tertiary/aromatic N) is 4. The van der Waals surface area contributed by atoms with Crippen molar-refractivity contribution in [3.05, 3.63) is 83.1 Å². The van der Waals surface area contributed by atoms with Crippen molar-refractivity contribution in [2.24, 2.45) is 0 Å². The van der Waals surface area contributed by atoms with Gasteiger partial charge in [0, 0.05) is 28.2 Å². The molecule has 4 rings (SSSR count). The lowest BCUT2D eigenvalue weighted by molar-refractivity contribution is 0.0948. The molecule has 9 nitrogen and oxygen atoms in total. The number of carbonyl (C=O) groups excluding carboxylic acids is 1. The minimum absolute atomic E-state index is 0.0893. The number of hydrogen-bond donors (Lipinski definition) is 1. The fourth-order valence-electron chi connectivity index (χ4n) is 3.26. The number of amides is 1. The summed E-state index contributed by atoms with van der Waals surface area (Å²) in [5.74, 6) is -0.104. The van der Waals surface area contributed by atoms with Crippen molar-refractivity contribution in [1.82, 2.24) is 24.9 Å². The first-order valence-corrected chi connectivity index (χ1v) is 11.1. The number of aromatic nitrogens is 4. The molecule has 0 fully saturated rings. The van der Waals surface area contributed by atoms with E-state index < -0.39 is 11.5 Å². The fourth-order valence-corrected chi connectivity index (χ4v) is 4.60. The second-order valence-corrected chi connectivity index (χ2v) is 8.87. The van der Waals surface area contributed by atoms with Crippen LogP contribution in [0.4, 0.5) is 0 Å². The summed E-state index contributed by atoms with van der Waals surface area (Å²) in [5.41, 5.74) is 0.882. The molecule has 11 heteroatoms. The van der Waals surface area contributed by atoms with Crippen molar-refractivity contribution in [2.45, 2.75) is 20.4 Å². The average molecular weight is 563 g/mol. The smallest absolute Gasteiger partial charge is 0.349 e. The molecule has 4 aromatic rings. The summed E-state index contributed by atoms with van der Waals surface area (Å²) in [7, 11) is 0. The molecule has 0 unspecified atom stereocenters. The number of rotatable bonds is 5. The molecule has 0 spiro atoms. The van der Waals surface area contributed by atoms with Gasteiger partial charge in [-0.25, -0.2) is 14.2 Å². The maximum atomic E-state index is 12.6. The maximum absolute atomic E-state index is 12.6. The van der Waals surface area contributed by atoms with Crippen LogP contribution in [0.3, 0.4) is 0 Å². The Kier molecular flexibility index (Phi) is 6.11. The first-order chi connectivity index (χ1) is 15.2. The van der Waals surface area contributed by atoms with Gasteiger partial charge in [0.15, 0.2) is 11.4 Å². The van der Waals surface area contributed by atoms with Gasteiger partial charge in [0.1, 0.15) is 5.56 Å². The van der Waals surface area contributed by atoms with Gasteiger partial charge in [0.05, 0.1) is 16.7 Å². The number of fused-ring (bicyclic) bond motifs is 1. The second-order valence-electron chi connectivity index (χ2n) is 7.10. The molecule has 3 heterocycles. The van der Waals surface area contributed by atoms with Crippen LogP contribution in [0, 0.1) is 13.8 Å². The molecule has 0 aliphatic rings. The van der Waals surface area contributed by atoms with Crippen LogP contribution in [-0.2, 0) is 6.54 Å². The molecule has 1 amide bonds. The highest BCUT2D eigenvalue weighted by Gasteiger charge is 2.15. The standard InChI is InChI=1S/C21H17Br2N5O4/c1-11-7-12(2)28(25-11)17-3-4-18(29)27(26-17)6-5-24-20(30)15-9-13-8-14(22)10-16(23)19(13)32-21(15)31/h3-4,7-10H,5-6H2,1-2H3,(H,24,30). The molecule has 32 heavy (non-hydrogen) atoms. The number of aryl methyl sites for hydroxylation is 2. The highest BCUT2D eigenvalue weighted by atomic mass is 79.9. The number of benzene rings is 1. The molecule has 0 saturated heterocycles. The van der Waals surface area contributed by atoms with Crippen LogP contribution in [0.5, 0.6) is 0 Å². The zero-order chi connectivity index (χ0) is 23.0. The van der Waals surface area contributed by atoms with Crippen LogP contribution in [0.1, 0.15) is 21.7 Å². The highest BCUT2D eigenvalue weighted by Crippen LogP contribution is 2.28. The maximum Gasteiger partial charge on any atom is 0.349 e. The van der Waals surface area contributed by atoms with Gasteiger partial charge < -0.3 is 9.73 Å². The Bertz CT molecular complexity index is 1470. The van der Waals surface area contributed by atoms with Gasteiger partial charge in [0.25, 0.3) is 11.5 Å². The molecule has 164 valence electrons. The SMILES string of the molecule is Cc1cc(C)n(-c2ccc(=O)n(CCNC(=O)c3cc4cc(Br)cc(Br)c4oc3=O)n2)n1. The average Bonchev–Trinajstić information content (AvgIpc) is 3.07. The summed E-state index contributed by atoms with van der Waals surface area (Å²) in [6.45, 7) is 3.97. The van der Waals surface area contributed by atoms with Crippen molar-refractivity contribution in [3.8, 4) is 5.82 Å². The van der Waals surface area contributed by atoms with Crippen LogP contribution in [0.2, 0.25) is 0 Å². The third kappa shape index (κ3) is 4.44. The fraction of sp³-hybridized carbons (Fsp3) is 0.190. The van der Waals surface area contributed by atoms with Crippen LogP contribution in [-0.4, -0.2) is 32.0 Å². The summed E-state index contributed by atoms with van der Waals surface area (Å²) in [6.07, 6.45) is 0. The van der Waals surface area contributed by atoms with Crippen LogP contribution in [0.15, 0.2) is 59.3 Å². The number of nitrogens with one attached hydrogen (secondary N) is 1. The van der Waals surface area contributed by atoms with Gasteiger partial charge in [-0.1, -0.05) is 15.9 Å². The van der Waals surface area contributed by atoms with Crippen LogP contribution in [0.25, 0.3) is 16.8 Å². The molecule has 3 aromatic heterocycles. The van der Waals surface area contributed by atoms with Gasteiger partial charge >= 0.3 is 5.63 Å². The van der Waals surface area contributed by atoms with Gasteiger partial charge in [-0.3, -0.25) is 9.59 Å². The summed E-state index contributed by atoms with van der Waals surface area (Å²) in [6, 6.07) is 9.86. The van der Waals surface area contributed by atoms with E-state index in [1.54, 1.807) is 22.9 Å². The Balaban J connectivity index is 1.51. The minimum atomic E-state index is -0.750. The van der Waals surface area contributed by atoms with Crippen molar-refractivity contribution in [1.29, 1.82) is 0 Å². The predicted octanol–water partition coefficient (Wildman–Crippen LogP) is 3.11. The van der Waals surface area contributed by atoms with E-state index >= 15 is 0 Å². The first-order valence-electron chi connectivity index (χ1n) is 9.56. The lowest BCUT2D eigenvalue weighted by Gasteiger charge is -2.09. The molecule has 0 saturated carbocycles. The predicted molar refractivity (Wildman–Crippen MR) is 125 cm³/mol. The van der Waals surface area contributed by atoms with Crippen molar-refractivity contribution >= 4 is 48.7 Å². The van der Waals surface area contributed by atoms with Gasteiger partial charge in [-0.15, -0.1) is 5.10 Å². The summed E-state index contributed by atoms with van der Waals surface area (Å²) < 4.78 is 9.54. The highest BCUT2D eigenvalue weighted by molar-refractivity contribution is 9.11. The molecule has 0 atom stereocenters. The second kappa shape index (κ2) is 8.83. The minimum Gasteiger partial charge on any atom is -0.421 e. The number of halogens is 2. The Morgan fingerprint density at radius 1 is 1.09 bits per heavy atom. The van der Waals surface area contributed by atoms with Gasteiger partial charge in [-0.2, -0.15) is 5.10 Å². The van der Waals surface area contributed by atoms with Crippen molar-refractivity contribution < 1.29 is 9.21 Å². The van der Waals surface area contributed by atoms with Crippen molar-refractivity contribution in [2.75, 3.05) is 6.54 Å². The Hall–Kier alpha value is -3.05. The van der Waals surface area contributed by atoms with Crippen LogP contribution < -0.4 is 16.5 Å². The lowest BCUT2D eigenvalue weighted by atomic mass is 10.2. The third-order valence-electron chi connectivity index (χ3n) is 4.68. The third-order valence-corrected chi connectivity index (χ3v) is 5.73. The summed E-state index contributed by atoms with van der Waals surface area (Å²) in [4.78, 5) is 37.1. The molecule has 1 N–H and O–H groups in total. The first kappa shape index (κ1) is 22.2. The molecule has 0 aliphatic carbocycles. The topological polar surface area (TPSA) is 112 Å².